The van der Waals surface area contributed by atoms with Gasteiger partial charge in [0.25, 0.3) is 0 Å². The van der Waals surface area contributed by atoms with Gasteiger partial charge in [-0.15, -0.1) is 0 Å². The maximum Gasteiger partial charge on any atom is 0.351 e. The van der Waals surface area contributed by atoms with Crippen LogP contribution in [0.5, 0.6) is 0 Å². The van der Waals surface area contributed by atoms with Gasteiger partial charge in [0.05, 0.1) is 6.61 Å². The number of nitrogen functional groups attached to an aromatic ring is 1. The molecule has 18 heavy (non-hydrogen) atoms. The summed E-state index contributed by atoms with van der Waals surface area (Å²) < 4.78 is 6.37. The molecule has 0 spiro atoms. The largest absolute Gasteiger partial charge is 0.394 e. The van der Waals surface area contributed by atoms with Gasteiger partial charge in [0, 0.05) is 6.20 Å². The van der Waals surface area contributed by atoms with Gasteiger partial charge in [-0.2, -0.15) is 4.98 Å². The van der Waals surface area contributed by atoms with Crippen LogP contribution in [-0.4, -0.2) is 44.7 Å². The first-order valence-electron chi connectivity index (χ1n) is 5.23. The Morgan fingerprint density at radius 1 is 1.61 bits per heavy atom. The molecule has 2 heterocycles. The van der Waals surface area contributed by atoms with Crippen molar-refractivity contribution in [3.8, 4) is 0 Å². The van der Waals surface area contributed by atoms with E-state index in [-0.39, 0.29) is 5.82 Å². The molecular formula is C9H14N4O5. The molecule has 9 nitrogen and oxygen atoms in total. The van der Waals surface area contributed by atoms with Crippen molar-refractivity contribution < 1.29 is 19.8 Å². The van der Waals surface area contributed by atoms with Gasteiger partial charge in [-0.1, -0.05) is 0 Å². The van der Waals surface area contributed by atoms with E-state index in [1.54, 1.807) is 0 Å². The third-order valence-electron chi connectivity index (χ3n) is 2.77. The van der Waals surface area contributed by atoms with Crippen molar-refractivity contribution >= 4 is 5.82 Å². The number of hydrogen-bond acceptors (Lipinski definition) is 8. The Kier molecular flexibility index (Phi) is 3.59. The average molecular weight is 258 g/mol. The quantitative estimate of drug-likeness (QED) is 0.429. The highest BCUT2D eigenvalue weighted by Gasteiger charge is 2.45. The molecule has 6 N–H and O–H groups in total. The summed E-state index contributed by atoms with van der Waals surface area (Å²) in [5, 5.41) is 19.0. The Labute approximate surface area is 102 Å². The first-order valence-corrected chi connectivity index (χ1v) is 5.23. The number of hydrogen-bond donors (Lipinski definition) is 4. The number of ether oxygens (including phenoxy) is 1. The predicted molar refractivity (Wildman–Crippen MR) is 59.0 cm³/mol. The number of aliphatic hydroxyl groups excluding tert-OH is 2. The van der Waals surface area contributed by atoms with E-state index in [9.17, 15) is 9.90 Å². The molecule has 0 unspecified atom stereocenters. The van der Waals surface area contributed by atoms with E-state index >= 15 is 0 Å². The number of nitrogens with two attached hydrogens (primary N) is 2. The molecular weight excluding hydrogens is 244 g/mol. The highest BCUT2D eigenvalue weighted by atomic mass is 16.7. The van der Waals surface area contributed by atoms with Crippen LogP contribution in [0.15, 0.2) is 17.1 Å². The zero-order valence-electron chi connectivity index (χ0n) is 9.34. The van der Waals surface area contributed by atoms with Crippen molar-refractivity contribution in [3.05, 3.63) is 22.7 Å². The Hall–Kier alpha value is -1.52. The second-order valence-electron chi connectivity index (χ2n) is 3.88. The number of rotatable bonds is 3. The van der Waals surface area contributed by atoms with E-state index in [1.165, 1.54) is 12.3 Å². The molecule has 0 bridgehead atoms. The fourth-order valence-corrected chi connectivity index (χ4v) is 1.88. The monoisotopic (exact) mass is 258 g/mol. The molecule has 9 heteroatoms. The Morgan fingerprint density at radius 3 is 2.83 bits per heavy atom. The van der Waals surface area contributed by atoms with Crippen molar-refractivity contribution in [1.29, 1.82) is 0 Å². The van der Waals surface area contributed by atoms with E-state index in [0.717, 1.165) is 4.57 Å². The minimum atomic E-state index is -1.20. The van der Waals surface area contributed by atoms with Crippen LogP contribution in [0.2, 0.25) is 0 Å². The molecule has 0 saturated carbocycles. The van der Waals surface area contributed by atoms with Crippen LogP contribution in [0.4, 0.5) is 5.82 Å². The lowest BCUT2D eigenvalue weighted by molar-refractivity contribution is -0.0629. The summed E-state index contributed by atoms with van der Waals surface area (Å²) in [6, 6.07) is 1.39. The molecule has 1 aromatic heterocycles. The van der Waals surface area contributed by atoms with E-state index in [1.807, 2.05) is 0 Å². The normalized spacial score (nSPS) is 31.7. The molecule has 0 radical (unpaired) electrons. The van der Waals surface area contributed by atoms with Gasteiger partial charge in [0.2, 0.25) is 0 Å². The summed E-state index contributed by atoms with van der Waals surface area (Å²) in [5.74, 6) is 5.08. The van der Waals surface area contributed by atoms with Crippen molar-refractivity contribution in [3.63, 3.8) is 0 Å². The third kappa shape index (κ3) is 2.09. The van der Waals surface area contributed by atoms with Crippen molar-refractivity contribution in [2.45, 2.75) is 24.5 Å². The summed E-state index contributed by atoms with van der Waals surface area (Å²) in [4.78, 5) is 19.7. The minimum Gasteiger partial charge on any atom is -0.394 e. The molecule has 100 valence electrons. The number of aliphatic hydroxyl groups is 2. The summed E-state index contributed by atoms with van der Waals surface area (Å²) >= 11 is 0. The number of anilines is 1. The van der Waals surface area contributed by atoms with E-state index in [2.05, 4.69) is 9.82 Å². The van der Waals surface area contributed by atoms with E-state index < -0.39 is 36.8 Å². The lowest BCUT2D eigenvalue weighted by Crippen LogP contribution is -2.39. The van der Waals surface area contributed by atoms with Gasteiger partial charge >= 0.3 is 5.69 Å². The van der Waals surface area contributed by atoms with Gasteiger partial charge < -0.3 is 20.7 Å². The van der Waals surface area contributed by atoms with Crippen molar-refractivity contribution in [2.75, 3.05) is 12.3 Å². The Bertz CT molecular complexity index is 478. The molecule has 4 atom stereocenters. The summed E-state index contributed by atoms with van der Waals surface area (Å²) in [7, 11) is 0. The van der Waals surface area contributed by atoms with Gasteiger partial charge in [0.15, 0.2) is 6.23 Å². The SMILES string of the molecule is NO[C@H]1[C@@H](O)[C@H](n2ccc(N)nc2=O)O[C@@H]1CO. The summed E-state index contributed by atoms with van der Waals surface area (Å²) in [5.41, 5.74) is 4.68. The Balaban J connectivity index is 2.32. The summed E-state index contributed by atoms with van der Waals surface area (Å²) in [6.45, 7) is -0.396. The maximum atomic E-state index is 11.6. The summed E-state index contributed by atoms with van der Waals surface area (Å²) in [6.07, 6.45) is -2.64. The van der Waals surface area contributed by atoms with E-state index in [4.69, 9.17) is 21.5 Å². The van der Waals surface area contributed by atoms with Crippen LogP contribution in [0.1, 0.15) is 6.23 Å². The van der Waals surface area contributed by atoms with Crippen molar-refractivity contribution in [1.82, 2.24) is 9.55 Å². The second kappa shape index (κ2) is 5.00. The highest BCUT2D eigenvalue weighted by molar-refractivity contribution is 5.23. The van der Waals surface area contributed by atoms with Crippen molar-refractivity contribution in [2.24, 2.45) is 5.90 Å². The fraction of sp³-hybridized carbons (Fsp3) is 0.556. The van der Waals surface area contributed by atoms with Crippen LogP contribution in [0.25, 0.3) is 0 Å². The molecule has 0 amide bonds. The molecule has 1 saturated heterocycles. The lowest BCUT2D eigenvalue weighted by atomic mass is 10.1. The second-order valence-corrected chi connectivity index (χ2v) is 3.88. The van der Waals surface area contributed by atoms with Crippen LogP contribution < -0.4 is 17.3 Å². The number of nitrogens with zero attached hydrogens (tertiary/aromatic N) is 2. The minimum absolute atomic E-state index is 0.0640. The topological polar surface area (TPSA) is 146 Å². The van der Waals surface area contributed by atoms with Gasteiger partial charge in [-0.05, 0) is 6.07 Å². The first-order chi connectivity index (χ1) is 8.58. The maximum absolute atomic E-state index is 11.6. The smallest absolute Gasteiger partial charge is 0.351 e. The zero-order valence-corrected chi connectivity index (χ0v) is 9.34. The number of aromatic nitrogens is 2. The molecule has 1 fully saturated rings. The molecule has 1 aliphatic rings. The predicted octanol–water partition coefficient (Wildman–Crippen LogP) is -2.66. The Morgan fingerprint density at radius 2 is 2.33 bits per heavy atom. The van der Waals surface area contributed by atoms with Gasteiger partial charge in [0.1, 0.15) is 24.1 Å². The average Bonchev–Trinajstić information content (AvgIpc) is 2.66. The van der Waals surface area contributed by atoms with Crippen LogP contribution >= 0.6 is 0 Å². The van der Waals surface area contributed by atoms with E-state index in [0.29, 0.717) is 0 Å². The fourth-order valence-electron chi connectivity index (χ4n) is 1.88. The molecule has 0 aliphatic carbocycles. The highest BCUT2D eigenvalue weighted by Crippen LogP contribution is 2.29. The van der Waals surface area contributed by atoms with Crippen LogP contribution in [0.3, 0.4) is 0 Å². The molecule has 1 aliphatic heterocycles. The third-order valence-corrected chi connectivity index (χ3v) is 2.77. The lowest BCUT2D eigenvalue weighted by Gasteiger charge is -2.17. The van der Waals surface area contributed by atoms with Crippen LogP contribution in [-0.2, 0) is 9.57 Å². The molecule has 0 aromatic carbocycles. The molecule has 2 rings (SSSR count). The molecule has 1 aromatic rings. The van der Waals surface area contributed by atoms with Gasteiger partial charge in [-0.25, -0.2) is 10.7 Å². The van der Waals surface area contributed by atoms with Crippen LogP contribution in [0, 0.1) is 0 Å². The first kappa shape index (κ1) is 12.9. The van der Waals surface area contributed by atoms with Gasteiger partial charge in [-0.3, -0.25) is 9.40 Å². The standard InChI is InChI=1S/C9H14N4O5/c10-5-1-2-13(9(16)12-5)8-6(15)7(18-11)4(3-14)17-8/h1-2,4,6-8,14-15H,3,11H2,(H2,10,12,16)/t4-,6-,7-,8-/m1/s1. The zero-order chi connectivity index (χ0) is 13.3.